The van der Waals surface area contributed by atoms with Gasteiger partial charge >= 0.3 is 5.97 Å². The van der Waals surface area contributed by atoms with Crippen molar-refractivity contribution >= 4 is 35.1 Å². The Balaban J connectivity index is 2.07. The van der Waals surface area contributed by atoms with Gasteiger partial charge in [-0.3, -0.25) is 14.4 Å². The highest BCUT2D eigenvalue weighted by Crippen LogP contribution is 2.26. The summed E-state index contributed by atoms with van der Waals surface area (Å²) in [7, 11) is 0. The number of rotatable bonds is 6. The molecule has 1 atom stereocenters. The predicted molar refractivity (Wildman–Crippen MR) is 104 cm³/mol. The van der Waals surface area contributed by atoms with Gasteiger partial charge in [-0.2, -0.15) is 0 Å². The summed E-state index contributed by atoms with van der Waals surface area (Å²) in [6, 6.07) is 12.3. The fourth-order valence-electron chi connectivity index (χ4n) is 2.33. The fraction of sp³-hybridized carbons (Fsp3) is 0.250. The molecular formula is C20H21ClN2O4. The molecule has 0 aliphatic heterocycles. The number of nitrogens with one attached hydrogen (secondary N) is 2. The standard InChI is InChI=1S/C20H21ClN2O4/c1-12(18(25)26)22-17(24)13-4-10-16(11-5-13)23-19(27)20(2,3)14-6-8-15(21)9-7-14/h4-12H,1-3H3,(H,22,24)(H,23,27)(H,25,26). The summed E-state index contributed by atoms with van der Waals surface area (Å²) in [5.41, 5.74) is 0.878. The van der Waals surface area contributed by atoms with Crippen LogP contribution in [-0.2, 0) is 15.0 Å². The minimum Gasteiger partial charge on any atom is -0.480 e. The van der Waals surface area contributed by atoms with Crippen molar-refractivity contribution in [2.45, 2.75) is 32.2 Å². The number of carboxylic acids is 1. The van der Waals surface area contributed by atoms with Crippen molar-refractivity contribution in [3.05, 3.63) is 64.7 Å². The van der Waals surface area contributed by atoms with E-state index >= 15 is 0 Å². The second-order valence-corrected chi connectivity index (χ2v) is 7.13. The molecule has 0 radical (unpaired) electrons. The molecule has 27 heavy (non-hydrogen) atoms. The molecule has 0 saturated heterocycles. The van der Waals surface area contributed by atoms with E-state index in [4.69, 9.17) is 16.7 Å². The predicted octanol–water partition coefficient (Wildman–Crippen LogP) is 3.46. The van der Waals surface area contributed by atoms with Crippen LogP contribution in [0.1, 0.15) is 36.7 Å². The Kier molecular flexibility index (Phi) is 6.23. The van der Waals surface area contributed by atoms with Crippen molar-refractivity contribution in [1.82, 2.24) is 5.32 Å². The molecule has 6 nitrogen and oxygen atoms in total. The Morgan fingerprint density at radius 3 is 2.07 bits per heavy atom. The number of hydrogen-bond acceptors (Lipinski definition) is 3. The van der Waals surface area contributed by atoms with E-state index in [1.165, 1.54) is 19.1 Å². The largest absolute Gasteiger partial charge is 0.480 e. The van der Waals surface area contributed by atoms with Crippen molar-refractivity contribution in [1.29, 1.82) is 0 Å². The molecular weight excluding hydrogens is 368 g/mol. The van der Waals surface area contributed by atoms with Gasteiger partial charge in [0.15, 0.2) is 0 Å². The number of benzene rings is 2. The van der Waals surface area contributed by atoms with Crippen LogP contribution in [0.3, 0.4) is 0 Å². The second kappa shape index (κ2) is 8.22. The molecule has 0 aliphatic rings. The Hall–Kier alpha value is -2.86. The van der Waals surface area contributed by atoms with Crippen LogP contribution in [0.4, 0.5) is 5.69 Å². The van der Waals surface area contributed by atoms with Crippen LogP contribution in [-0.4, -0.2) is 28.9 Å². The van der Waals surface area contributed by atoms with Gasteiger partial charge in [0, 0.05) is 16.3 Å². The Morgan fingerprint density at radius 1 is 1.00 bits per heavy atom. The monoisotopic (exact) mass is 388 g/mol. The van der Waals surface area contributed by atoms with Gasteiger partial charge < -0.3 is 15.7 Å². The molecule has 0 fully saturated rings. The van der Waals surface area contributed by atoms with E-state index in [1.54, 1.807) is 50.2 Å². The third kappa shape index (κ3) is 5.08. The van der Waals surface area contributed by atoms with Gasteiger partial charge in [-0.1, -0.05) is 23.7 Å². The van der Waals surface area contributed by atoms with Gasteiger partial charge in [-0.15, -0.1) is 0 Å². The average molecular weight is 389 g/mol. The maximum absolute atomic E-state index is 12.7. The first kappa shape index (κ1) is 20.5. The molecule has 2 aromatic carbocycles. The number of halogens is 1. The number of amides is 2. The number of anilines is 1. The zero-order valence-electron chi connectivity index (χ0n) is 15.2. The van der Waals surface area contributed by atoms with E-state index in [1.807, 2.05) is 0 Å². The molecule has 2 amide bonds. The van der Waals surface area contributed by atoms with Gasteiger partial charge in [0.25, 0.3) is 5.91 Å². The highest BCUT2D eigenvalue weighted by molar-refractivity contribution is 6.30. The average Bonchev–Trinajstić information content (AvgIpc) is 2.62. The Labute approximate surface area is 162 Å². The van der Waals surface area contributed by atoms with Crippen LogP contribution in [0.5, 0.6) is 0 Å². The van der Waals surface area contributed by atoms with E-state index in [0.717, 1.165) is 5.56 Å². The molecule has 0 bridgehead atoms. The van der Waals surface area contributed by atoms with Crippen LogP contribution in [0.25, 0.3) is 0 Å². The molecule has 0 aromatic heterocycles. The summed E-state index contributed by atoms with van der Waals surface area (Å²) >= 11 is 5.89. The summed E-state index contributed by atoms with van der Waals surface area (Å²) in [6.45, 7) is 5.00. The second-order valence-electron chi connectivity index (χ2n) is 6.70. The number of hydrogen-bond donors (Lipinski definition) is 3. The number of carbonyl (C=O) groups is 3. The Bertz CT molecular complexity index is 845. The number of carboxylic acid groups (broad SMARTS) is 1. The van der Waals surface area contributed by atoms with Gasteiger partial charge in [0.1, 0.15) is 6.04 Å². The zero-order chi connectivity index (χ0) is 20.2. The normalized spacial score (nSPS) is 12.1. The van der Waals surface area contributed by atoms with Crippen LogP contribution in [0.2, 0.25) is 5.02 Å². The molecule has 0 heterocycles. The van der Waals surface area contributed by atoms with E-state index in [9.17, 15) is 14.4 Å². The van der Waals surface area contributed by atoms with Gasteiger partial charge in [-0.05, 0) is 62.7 Å². The van der Waals surface area contributed by atoms with E-state index in [2.05, 4.69) is 10.6 Å². The minimum absolute atomic E-state index is 0.207. The molecule has 1 unspecified atom stereocenters. The highest BCUT2D eigenvalue weighted by Gasteiger charge is 2.29. The number of carbonyl (C=O) groups excluding carboxylic acids is 2. The summed E-state index contributed by atoms with van der Waals surface area (Å²) in [6.07, 6.45) is 0. The molecule has 0 spiro atoms. The van der Waals surface area contributed by atoms with Crippen LogP contribution < -0.4 is 10.6 Å². The maximum Gasteiger partial charge on any atom is 0.325 e. The lowest BCUT2D eigenvalue weighted by molar-refractivity contribution is -0.138. The Morgan fingerprint density at radius 2 is 1.56 bits per heavy atom. The van der Waals surface area contributed by atoms with Crippen molar-refractivity contribution < 1.29 is 19.5 Å². The summed E-state index contributed by atoms with van der Waals surface area (Å²) in [5.74, 6) is -1.82. The molecule has 142 valence electrons. The lowest BCUT2D eigenvalue weighted by atomic mass is 9.83. The van der Waals surface area contributed by atoms with Crippen molar-refractivity contribution in [2.75, 3.05) is 5.32 Å². The first-order chi connectivity index (χ1) is 12.6. The van der Waals surface area contributed by atoms with Crippen molar-refractivity contribution in [2.24, 2.45) is 0 Å². The molecule has 2 aromatic rings. The molecule has 3 N–H and O–H groups in total. The van der Waals surface area contributed by atoms with Crippen LogP contribution >= 0.6 is 11.6 Å². The molecule has 0 aliphatic carbocycles. The van der Waals surface area contributed by atoms with Crippen LogP contribution in [0.15, 0.2) is 48.5 Å². The first-order valence-corrected chi connectivity index (χ1v) is 8.70. The van der Waals surface area contributed by atoms with Crippen molar-refractivity contribution in [3.8, 4) is 0 Å². The molecule has 2 rings (SSSR count). The minimum atomic E-state index is -1.11. The topological polar surface area (TPSA) is 95.5 Å². The third-order valence-corrected chi connectivity index (χ3v) is 4.51. The lowest BCUT2D eigenvalue weighted by Gasteiger charge is -2.24. The third-order valence-electron chi connectivity index (χ3n) is 4.26. The summed E-state index contributed by atoms with van der Waals surface area (Å²) < 4.78 is 0. The number of aliphatic carboxylic acids is 1. The summed E-state index contributed by atoms with van der Waals surface area (Å²) in [4.78, 5) is 35.5. The van der Waals surface area contributed by atoms with Gasteiger partial charge in [0.2, 0.25) is 5.91 Å². The maximum atomic E-state index is 12.7. The smallest absolute Gasteiger partial charge is 0.325 e. The van der Waals surface area contributed by atoms with Crippen molar-refractivity contribution in [3.63, 3.8) is 0 Å². The zero-order valence-corrected chi connectivity index (χ0v) is 16.0. The molecule has 7 heteroatoms. The van der Waals surface area contributed by atoms with Gasteiger partial charge in [-0.25, -0.2) is 0 Å². The van der Waals surface area contributed by atoms with E-state index < -0.39 is 23.3 Å². The highest BCUT2D eigenvalue weighted by atomic mass is 35.5. The lowest BCUT2D eigenvalue weighted by Crippen LogP contribution is -2.38. The van der Waals surface area contributed by atoms with Gasteiger partial charge in [0.05, 0.1) is 5.41 Å². The van der Waals surface area contributed by atoms with E-state index in [-0.39, 0.29) is 5.91 Å². The SMILES string of the molecule is CC(NC(=O)c1ccc(NC(=O)C(C)(C)c2ccc(Cl)cc2)cc1)C(=O)O. The summed E-state index contributed by atoms with van der Waals surface area (Å²) in [5, 5.41) is 14.6. The first-order valence-electron chi connectivity index (χ1n) is 8.32. The quantitative estimate of drug-likeness (QED) is 0.706. The molecule has 0 saturated carbocycles. The van der Waals surface area contributed by atoms with Crippen LogP contribution in [0, 0.1) is 0 Å². The fourth-order valence-corrected chi connectivity index (χ4v) is 2.46. The van der Waals surface area contributed by atoms with E-state index in [0.29, 0.717) is 16.3 Å².